The van der Waals surface area contributed by atoms with Crippen LogP contribution in [-0.2, 0) is 9.22 Å². The maximum atomic E-state index is 11.6. The fourth-order valence-electron chi connectivity index (χ4n) is 2.07. The van der Waals surface area contributed by atoms with Gasteiger partial charge >= 0.3 is 0 Å². The van der Waals surface area contributed by atoms with Crippen molar-refractivity contribution in [1.29, 1.82) is 0 Å². The molecular weight excluding hydrogens is 228 g/mol. The second-order valence-corrected chi connectivity index (χ2v) is 9.09. The number of hydrogen-bond donors (Lipinski definition) is 0. The van der Waals surface area contributed by atoms with E-state index in [1.165, 1.54) is 19.3 Å². The predicted molar refractivity (Wildman–Crippen MR) is 65.6 cm³/mol. The van der Waals surface area contributed by atoms with Gasteiger partial charge in [0.15, 0.2) is 0 Å². The third kappa shape index (κ3) is 4.15. The molecule has 2 nitrogen and oxygen atoms in total. The standard InChI is InChI=1S/C11H21ClO2Si/c1-2-3-7-11(13)14-15(10-12)8-5-4-6-9-15/h2-10H2,1H3. The topological polar surface area (TPSA) is 26.3 Å². The van der Waals surface area contributed by atoms with Crippen LogP contribution in [0.4, 0.5) is 0 Å². The van der Waals surface area contributed by atoms with E-state index in [4.69, 9.17) is 16.0 Å². The van der Waals surface area contributed by atoms with E-state index in [2.05, 4.69) is 6.92 Å². The van der Waals surface area contributed by atoms with Crippen LogP contribution in [0.2, 0.25) is 12.1 Å². The largest absolute Gasteiger partial charge is 0.518 e. The fourth-order valence-corrected chi connectivity index (χ4v) is 6.19. The first kappa shape index (κ1) is 13.0. The van der Waals surface area contributed by atoms with Crippen molar-refractivity contribution in [2.45, 2.75) is 57.5 Å². The van der Waals surface area contributed by atoms with Crippen LogP contribution in [0.25, 0.3) is 0 Å². The molecule has 0 bridgehead atoms. The summed E-state index contributed by atoms with van der Waals surface area (Å²) >= 11 is 6.00. The van der Waals surface area contributed by atoms with Crippen molar-refractivity contribution in [3.05, 3.63) is 0 Å². The molecule has 1 rings (SSSR count). The molecule has 0 spiro atoms. The zero-order chi connectivity index (χ0) is 11.1. The molecule has 0 unspecified atom stereocenters. The first-order valence-corrected chi connectivity index (χ1v) is 9.07. The van der Waals surface area contributed by atoms with Crippen LogP contribution in [0.1, 0.15) is 45.4 Å². The summed E-state index contributed by atoms with van der Waals surface area (Å²) in [5.41, 5.74) is 0.588. The highest BCUT2D eigenvalue weighted by Gasteiger charge is 2.38. The summed E-state index contributed by atoms with van der Waals surface area (Å²) in [4.78, 5) is 11.6. The zero-order valence-corrected chi connectivity index (χ0v) is 11.3. The summed E-state index contributed by atoms with van der Waals surface area (Å²) < 4.78 is 5.70. The summed E-state index contributed by atoms with van der Waals surface area (Å²) in [6, 6.07) is 2.16. The molecule has 0 aromatic carbocycles. The smallest absolute Gasteiger partial charge is 0.292 e. The van der Waals surface area contributed by atoms with E-state index in [1.807, 2.05) is 0 Å². The molecule has 4 heteroatoms. The van der Waals surface area contributed by atoms with E-state index in [0.717, 1.165) is 24.9 Å². The van der Waals surface area contributed by atoms with Gasteiger partial charge in [-0.1, -0.05) is 32.6 Å². The van der Waals surface area contributed by atoms with Crippen LogP contribution >= 0.6 is 11.6 Å². The first-order valence-electron chi connectivity index (χ1n) is 6.00. The van der Waals surface area contributed by atoms with Crippen LogP contribution < -0.4 is 0 Å². The Morgan fingerprint density at radius 1 is 1.33 bits per heavy atom. The van der Waals surface area contributed by atoms with Gasteiger partial charge in [0.2, 0.25) is 0 Å². The second kappa shape index (κ2) is 6.54. The zero-order valence-electron chi connectivity index (χ0n) is 9.56. The maximum Gasteiger partial charge on any atom is 0.292 e. The second-order valence-electron chi connectivity index (χ2n) is 4.45. The number of carbonyl (C=O) groups is 1. The minimum Gasteiger partial charge on any atom is -0.518 e. The Morgan fingerprint density at radius 2 is 2.00 bits per heavy atom. The Hall–Kier alpha value is -0.0231. The van der Waals surface area contributed by atoms with E-state index in [1.54, 1.807) is 0 Å². The molecule has 1 fully saturated rings. The number of hydrogen-bond acceptors (Lipinski definition) is 2. The van der Waals surface area contributed by atoms with E-state index in [-0.39, 0.29) is 5.97 Å². The maximum absolute atomic E-state index is 11.6. The van der Waals surface area contributed by atoms with Crippen molar-refractivity contribution in [3.8, 4) is 0 Å². The molecular formula is C11H21ClO2Si. The van der Waals surface area contributed by atoms with Gasteiger partial charge in [-0.3, -0.25) is 4.79 Å². The Balaban J connectivity index is 2.40. The van der Waals surface area contributed by atoms with Gasteiger partial charge < -0.3 is 4.43 Å². The molecule has 1 heterocycles. The Morgan fingerprint density at radius 3 is 2.53 bits per heavy atom. The number of unbranched alkanes of at least 4 members (excludes halogenated alkanes) is 1. The summed E-state index contributed by atoms with van der Waals surface area (Å²) in [6.07, 6.45) is 6.22. The Labute approximate surface area is 98.5 Å². The van der Waals surface area contributed by atoms with Gasteiger partial charge in [0.05, 0.1) is 5.50 Å². The predicted octanol–water partition coefficient (Wildman–Crippen LogP) is 3.63. The van der Waals surface area contributed by atoms with Crippen LogP contribution in [0.15, 0.2) is 0 Å². The Kier molecular flexibility index (Phi) is 5.68. The molecule has 0 atom stereocenters. The van der Waals surface area contributed by atoms with E-state index in [0.29, 0.717) is 11.9 Å². The molecule has 0 saturated carbocycles. The summed E-state index contributed by atoms with van der Waals surface area (Å²) in [7, 11) is -1.85. The van der Waals surface area contributed by atoms with Crippen molar-refractivity contribution < 1.29 is 9.22 Å². The molecule has 0 aromatic heterocycles. The van der Waals surface area contributed by atoms with E-state index >= 15 is 0 Å². The van der Waals surface area contributed by atoms with Gasteiger partial charge in [-0.15, -0.1) is 11.6 Å². The van der Waals surface area contributed by atoms with Crippen LogP contribution in [-0.4, -0.2) is 19.8 Å². The molecule has 1 aliphatic heterocycles. The van der Waals surface area contributed by atoms with Gasteiger partial charge in [-0.25, -0.2) is 0 Å². The Bertz CT molecular complexity index is 203. The third-order valence-electron chi connectivity index (χ3n) is 3.07. The van der Waals surface area contributed by atoms with Crippen LogP contribution in [0.3, 0.4) is 0 Å². The highest BCUT2D eigenvalue weighted by Crippen LogP contribution is 2.30. The van der Waals surface area contributed by atoms with Gasteiger partial charge in [-0.2, -0.15) is 0 Å². The highest BCUT2D eigenvalue weighted by atomic mass is 35.5. The van der Waals surface area contributed by atoms with Crippen LogP contribution in [0.5, 0.6) is 0 Å². The van der Waals surface area contributed by atoms with Gasteiger partial charge in [0, 0.05) is 6.42 Å². The molecule has 1 aliphatic rings. The lowest BCUT2D eigenvalue weighted by Gasteiger charge is -2.32. The third-order valence-corrected chi connectivity index (χ3v) is 8.21. The normalized spacial score (nSPS) is 19.9. The van der Waals surface area contributed by atoms with Crippen LogP contribution in [0, 0.1) is 0 Å². The molecule has 0 aliphatic carbocycles. The SMILES string of the molecule is CCCCC(=O)O[Si]1(CCl)CCCCC1. The molecule has 0 N–H and O–H groups in total. The van der Waals surface area contributed by atoms with Crippen molar-refractivity contribution in [3.63, 3.8) is 0 Å². The minimum absolute atomic E-state index is 0.00827. The van der Waals surface area contributed by atoms with Crippen molar-refractivity contribution in [2.24, 2.45) is 0 Å². The quantitative estimate of drug-likeness (QED) is 0.549. The lowest BCUT2D eigenvalue weighted by atomic mass is 10.3. The first-order chi connectivity index (χ1) is 7.22. The average Bonchev–Trinajstić information content (AvgIpc) is 2.27. The van der Waals surface area contributed by atoms with E-state index in [9.17, 15) is 4.79 Å². The monoisotopic (exact) mass is 248 g/mol. The molecule has 0 amide bonds. The van der Waals surface area contributed by atoms with Gasteiger partial charge in [0.1, 0.15) is 0 Å². The van der Waals surface area contributed by atoms with Crippen molar-refractivity contribution in [1.82, 2.24) is 0 Å². The van der Waals surface area contributed by atoms with E-state index < -0.39 is 8.32 Å². The summed E-state index contributed by atoms with van der Waals surface area (Å²) in [5, 5.41) is 0. The lowest BCUT2D eigenvalue weighted by molar-refractivity contribution is -0.135. The molecule has 1 saturated heterocycles. The van der Waals surface area contributed by atoms with Gasteiger partial charge in [-0.05, 0) is 18.5 Å². The lowest BCUT2D eigenvalue weighted by Crippen LogP contribution is -2.44. The number of alkyl halides is 1. The average molecular weight is 249 g/mol. The highest BCUT2D eigenvalue weighted by molar-refractivity contribution is 6.81. The molecule has 0 aromatic rings. The number of rotatable bonds is 5. The minimum atomic E-state index is -1.85. The molecule has 15 heavy (non-hydrogen) atoms. The number of carbonyl (C=O) groups excluding carboxylic acids is 1. The molecule has 88 valence electrons. The summed E-state index contributed by atoms with van der Waals surface area (Å²) in [5.74, 6) is -0.00827. The fraction of sp³-hybridized carbons (Fsp3) is 0.909. The van der Waals surface area contributed by atoms with Gasteiger partial charge in [0.25, 0.3) is 14.3 Å². The molecule has 0 radical (unpaired) electrons. The van der Waals surface area contributed by atoms with Crippen molar-refractivity contribution in [2.75, 3.05) is 5.50 Å². The summed E-state index contributed by atoms with van der Waals surface area (Å²) in [6.45, 7) is 2.09. The van der Waals surface area contributed by atoms with Crippen molar-refractivity contribution >= 4 is 25.9 Å². The number of halogens is 1.